The van der Waals surface area contributed by atoms with Crippen molar-refractivity contribution >= 4 is 37.1 Å². The van der Waals surface area contributed by atoms with Crippen molar-refractivity contribution in [3.05, 3.63) is 48.5 Å². The van der Waals surface area contributed by atoms with Gasteiger partial charge in [0.15, 0.2) is 0 Å². The van der Waals surface area contributed by atoms with Gasteiger partial charge in [0, 0.05) is 25.3 Å². The summed E-state index contributed by atoms with van der Waals surface area (Å²) in [5, 5.41) is 3.32. The molecule has 10 heteroatoms. The maximum absolute atomic E-state index is 12.8. The highest BCUT2D eigenvalue weighted by Gasteiger charge is 2.19. The summed E-state index contributed by atoms with van der Waals surface area (Å²) in [6.07, 6.45) is 1.99. The van der Waals surface area contributed by atoms with Crippen LogP contribution in [0.3, 0.4) is 0 Å². The van der Waals surface area contributed by atoms with Gasteiger partial charge in [-0.1, -0.05) is 18.2 Å². The first-order valence-corrected chi connectivity index (χ1v) is 12.3. The van der Waals surface area contributed by atoms with E-state index >= 15 is 0 Å². The van der Waals surface area contributed by atoms with E-state index in [0.717, 1.165) is 44.5 Å². The zero-order valence-electron chi connectivity index (χ0n) is 15.6. The normalized spacial score (nSPS) is 15.7. The van der Waals surface area contributed by atoms with Gasteiger partial charge in [-0.2, -0.15) is 0 Å². The van der Waals surface area contributed by atoms with Crippen molar-refractivity contribution in [3.8, 4) is 0 Å². The second-order valence-electron chi connectivity index (χ2n) is 6.61. The molecule has 1 aliphatic rings. The molecule has 1 heterocycles. The molecule has 28 heavy (non-hydrogen) atoms. The molecule has 2 aromatic carbocycles. The van der Waals surface area contributed by atoms with Gasteiger partial charge in [0.2, 0.25) is 10.0 Å². The van der Waals surface area contributed by atoms with Crippen LogP contribution in [0.4, 0.5) is 17.1 Å². The Morgan fingerprint density at radius 2 is 1.64 bits per heavy atom. The van der Waals surface area contributed by atoms with Crippen LogP contribution in [-0.2, 0) is 20.0 Å². The Labute approximate surface area is 166 Å². The molecule has 0 bridgehead atoms. The van der Waals surface area contributed by atoms with E-state index in [1.54, 1.807) is 36.4 Å². The predicted molar refractivity (Wildman–Crippen MR) is 112 cm³/mol. The van der Waals surface area contributed by atoms with Crippen LogP contribution >= 0.6 is 0 Å². The molecule has 8 nitrogen and oxygen atoms in total. The summed E-state index contributed by atoms with van der Waals surface area (Å²) in [5.41, 5.74) is 1.19. The van der Waals surface area contributed by atoms with E-state index < -0.39 is 20.0 Å². The average molecular weight is 425 g/mol. The van der Waals surface area contributed by atoms with Crippen molar-refractivity contribution in [2.24, 2.45) is 0 Å². The van der Waals surface area contributed by atoms with Crippen LogP contribution < -0.4 is 19.7 Å². The molecule has 0 unspecified atom stereocenters. The van der Waals surface area contributed by atoms with Crippen LogP contribution in [0.25, 0.3) is 0 Å². The van der Waals surface area contributed by atoms with Crippen molar-refractivity contribution in [1.29, 1.82) is 0 Å². The maximum Gasteiger partial charge on any atom is 0.261 e. The molecule has 0 aromatic heterocycles. The third-order valence-corrected chi connectivity index (χ3v) is 6.27. The van der Waals surface area contributed by atoms with Gasteiger partial charge in [-0.15, -0.1) is 0 Å². The fourth-order valence-electron chi connectivity index (χ4n) is 3.01. The molecular weight excluding hydrogens is 400 g/mol. The van der Waals surface area contributed by atoms with Gasteiger partial charge in [0.05, 0.1) is 22.5 Å². The highest BCUT2D eigenvalue weighted by atomic mass is 32.2. The molecule has 0 saturated carbocycles. The Kier molecular flexibility index (Phi) is 6.11. The molecule has 3 rings (SSSR count). The van der Waals surface area contributed by atoms with Gasteiger partial charge in [0.25, 0.3) is 10.0 Å². The third-order valence-electron chi connectivity index (χ3n) is 4.30. The summed E-state index contributed by atoms with van der Waals surface area (Å²) < 4.78 is 53.8. The molecule has 0 atom stereocenters. The summed E-state index contributed by atoms with van der Waals surface area (Å²) in [4.78, 5) is 2.24. The molecule has 0 radical (unpaired) electrons. The van der Waals surface area contributed by atoms with Crippen LogP contribution in [0.2, 0.25) is 0 Å². The summed E-state index contributed by atoms with van der Waals surface area (Å²) in [6.45, 7) is 3.37. The molecule has 0 aliphatic carbocycles. The van der Waals surface area contributed by atoms with Crippen LogP contribution in [0.15, 0.2) is 53.4 Å². The van der Waals surface area contributed by atoms with Crippen molar-refractivity contribution in [2.45, 2.75) is 11.3 Å². The predicted octanol–water partition coefficient (Wildman–Crippen LogP) is 1.66. The van der Waals surface area contributed by atoms with Gasteiger partial charge >= 0.3 is 0 Å². The first-order chi connectivity index (χ1) is 13.2. The van der Waals surface area contributed by atoms with Crippen molar-refractivity contribution in [3.63, 3.8) is 0 Å². The lowest BCUT2D eigenvalue weighted by Crippen LogP contribution is -2.28. The SMILES string of the molecule is CS(=O)(=O)Nc1ccc(N2CCCNCC2)cc1NS(=O)(=O)c1ccccc1. The molecular formula is C18H24N4O4S2. The number of nitrogens with zero attached hydrogens (tertiary/aromatic N) is 1. The van der Waals surface area contributed by atoms with E-state index in [2.05, 4.69) is 19.7 Å². The number of rotatable bonds is 6. The van der Waals surface area contributed by atoms with Gasteiger partial charge in [0.1, 0.15) is 0 Å². The van der Waals surface area contributed by atoms with E-state index in [9.17, 15) is 16.8 Å². The number of benzene rings is 2. The van der Waals surface area contributed by atoms with Gasteiger partial charge in [-0.25, -0.2) is 16.8 Å². The lowest BCUT2D eigenvalue weighted by Gasteiger charge is -2.24. The van der Waals surface area contributed by atoms with Gasteiger partial charge in [-0.05, 0) is 43.3 Å². The monoisotopic (exact) mass is 424 g/mol. The minimum atomic E-state index is -3.86. The van der Waals surface area contributed by atoms with E-state index in [0.29, 0.717) is 0 Å². The number of anilines is 3. The summed E-state index contributed by atoms with van der Waals surface area (Å²) >= 11 is 0. The lowest BCUT2D eigenvalue weighted by atomic mass is 10.2. The summed E-state index contributed by atoms with van der Waals surface area (Å²) in [5.74, 6) is 0. The van der Waals surface area contributed by atoms with Crippen LogP contribution in [0.5, 0.6) is 0 Å². The fraction of sp³-hybridized carbons (Fsp3) is 0.333. The molecule has 0 spiro atoms. The molecule has 3 N–H and O–H groups in total. The van der Waals surface area contributed by atoms with Gasteiger partial charge < -0.3 is 10.2 Å². The van der Waals surface area contributed by atoms with E-state index in [4.69, 9.17) is 0 Å². The second-order valence-corrected chi connectivity index (χ2v) is 10.0. The minimum absolute atomic E-state index is 0.102. The Bertz CT molecular complexity index is 1020. The van der Waals surface area contributed by atoms with Crippen LogP contribution in [0, 0.1) is 0 Å². The van der Waals surface area contributed by atoms with Crippen LogP contribution in [0.1, 0.15) is 6.42 Å². The lowest BCUT2D eigenvalue weighted by molar-refractivity contribution is 0.600. The smallest absolute Gasteiger partial charge is 0.261 e. The molecule has 2 aromatic rings. The number of hydrogen-bond donors (Lipinski definition) is 3. The molecule has 1 aliphatic heterocycles. The molecule has 0 amide bonds. The van der Waals surface area contributed by atoms with Crippen LogP contribution in [-0.4, -0.2) is 49.3 Å². The minimum Gasteiger partial charge on any atom is -0.370 e. The number of sulfonamides is 2. The Morgan fingerprint density at radius 3 is 2.36 bits per heavy atom. The Balaban J connectivity index is 1.98. The van der Waals surface area contributed by atoms with Crippen molar-refractivity contribution in [1.82, 2.24) is 5.32 Å². The second kappa shape index (κ2) is 8.38. The standard InChI is InChI=1S/C18H24N4O4S2/c1-27(23,24)20-17-9-8-15(22-12-5-10-19-11-13-22)14-18(17)21-28(25,26)16-6-3-2-4-7-16/h2-4,6-9,14,19-21H,5,10-13H2,1H3. The Morgan fingerprint density at radius 1 is 0.893 bits per heavy atom. The topological polar surface area (TPSA) is 108 Å². The van der Waals surface area contributed by atoms with Crippen molar-refractivity contribution < 1.29 is 16.8 Å². The van der Waals surface area contributed by atoms with E-state index in [1.807, 2.05) is 0 Å². The largest absolute Gasteiger partial charge is 0.370 e. The average Bonchev–Trinajstić information content (AvgIpc) is 2.92. The Hall–Kier alpha value is -2.30. The molecule has 1 fully saturated rings. The fourth-order valence-corrected chi connectivity index (χ4v) is 4.68. The third kappa shape index (κ3) is 5.37. The van der Waals surface area contributed by atoms with Gasteiger partial charge in [-0.3, -0.25) is 9.44 Å². The summed E-state index contributed by atoms with van der Waals surface area (Å²) in [7, 11) is -7.43. The zero-order valence-corrected chi connectivity index (χ0v) is 17.2. The first-order valence-electron chi connectivity index (χ1n) is 8.90. The molecule has 1 saturated heterocycles. The first kappa shape index (κ1) is 20.4. The van der Waals surface area contributed by atoms with E-state index in [-0.39, 0.29) is 16.3 Å². The molecule has 152 valence electrons. The van der Waals surface area contributed by atoms with E-state index in [1.165, 1.54) is 12.1 Å². The summed E-state index contributed by atoms with van der Waals surface area (Å²) in [6, 6.07) is 13.0. The maximum atomic E-state index is 12.8. The number of hydrogen-bond acceptors (Lipinski definition) is 6. The zero-order chi connectivity index (χ0) is 20.2. The highest BCUT2D eigenvalue weighted by molar-refractivity contribution is 7.93. The van der Waals surface area contributed by atoms with Crippen molar-refractivity contribution in [2.75, 3.05) is 46.8 Å². The quantitative estimate of drug-likeness (QED) is 0.651. The number of nitrogens with one attached hydrogen (secondary N) is 3. The highest BCUT2D eigenvalue weighted by Crippen LogP contribution is 2.31.